The summed E-state index contributed by atoms with van der Waals surface area (Å²) in [6, 6.07) is 0. The predicted octanol–water partition coefficient (Wildman–Crippen LogP) is 2.25. The first-order valence-corrected chi connectivity index (χ1v) is 20.7. The van der Waals surface area contributed by atoms with Crippen LogP contribution >= 0.6 is 0 Å². The smallest absolute Gasteiger partial charge is 0.335 e. The number of aliphatic hydroxyl groups excluding tert-OH is 5. The van der Waals surface area contributed by atoms with Crippen molar-refractivity contribution >= 4 is 23.7 Å². The fraction of sp³-hybridized carbons (Fsp3) is 0.857. The first-order chi connectivity index (χ1) is 26.8. The lowest BCUT2D eigenvalue weighted by atomic mass is 9.33. The Hall–Kier alpha value is -2.54. The van der Waals surface area contributed by atoms with E-state index in [-0.39, 0.29) is 34.4 Å². The number of ketones is 1. The zero-order valence-electron chi connectivity index (χ0n) is 34.4. The maximum atomic E-state index is 14.8. The second-order valence-corrected chi connectivity index (χ2v) is 20.6. The molecule has 2 heterocycles. The maximum absolute atomic E-state index is 14.8. The van der Waals surface area contributed by atoms with Crippen LogP contribution in [0.1, 0.15) is 106 Å². The van der Waals surface area contributed by atoms with Crippen molar-refractivity contribution in [3.63, 3.8) is 0 Å². The summed E-state index contributed by atoms with van der Waals surface area (Å²) >= 11 is 0. The van der Waals surface area contributed by atoms with Crippen LogP contribution in [0.25, 0.3) is 0 Å². The van der Waals surface area contributed by atoms with E-state index in [0.717, 1.165) is 37.7 Å². The highest BCUT2D eigenvalue weighted by atomic mass is 16.8. The molecule has 0 bridgehead atoms. The molecule has 0 radical (unpaired) electrons. The highest BCUT2D eigenvalue weighted by Gasteiger charge is 2.71. The topological polar surface area (TPSA) is 267 Å². The molecule has 7 rings (SSSR count). The number of carbonyl (C=O) groups excluding carboxylic acids is 1. The van der Waals surface area contributed by atoms with Gasteiger partial charge in [-0.15, -0.1) is 0 Å². The molecule has 7 aliphatic rings. The Kier molecular flexibility index (Phi) is 10.7. The van der Waals surface area contributed by atoms with Crippen LogP contribution in [-0.2, 0) is 38.1 Å². The Morgan fingerprint density at radius 3 is 1.88 bits per heavy atom. The Balaban J connectivity index is 1.17. The molecule has 5 aliphatic carbocycles. The van der Waals surface area contributed by atoms with E-state index in [9.17, 15) is 60.0 Å². The summed E-state index contributed by atoms with van der Waals surface area (Å²) in [7, 11) is 0. The van der Waals surface area contributed by atoms with Gasteiger partial charge in [0.25, 0.3) is 0 Å². The average molecular weight is 823 g/mol. The van der Waals surface area contributed by atoms with E-state index in [4.69, 9.17) is 18.9 Å². The van der Waals surface area contributed by atoms with E-state index >= 15 is 0 Å². The van der Waals surface area contributed by atoms with Gasteiger partial charge in [0.05, 0.1) is 11.5 Å². The summed E-state index contributed by atoms with van der Waals surface area (Å²) in [6.45, 7) is 14.8. The number of aliphatic carboxylic acids is 3. The molecule has 58 heavy (non-hydrogen) atoms. The maximum Gasteiger partial charge on any atom is 0.335 e. The Bertz CT molecular complexity index is 1730. The van der Waals surface area contributed by atoms with E-state index in [0.29, 0.717) is 25.7 Å². The summed E-state index contributed by atoms with van der Waals surface area (Å²) in [5, 5.41) is 83.0. The first-order valence-electron chi connectivity index (χ1n) is 20.7. The van der Waals surface area contributed by atoms with Crippen LogP contribution in [0.15, 0.2) is 11.6 Å². The molecule has 0 amide bonds. The van der Waals surface area contributed by atoms with Gasteiger partial charge in [0.1, 0.15) is 36.6 Å². The normalized spacial score (nSPS) is 52.6. The zero-order valence-corrected chi connectivity index (χ0v) is 34.4. The van der Waals surface area contributed by atoms with Crippen LogP contribution in [0.4, 0.5) is 0 Å². The van der Waals surface area contributed by atoms with E-state index in [1.54, 1.807) is 0 Å². The van der Waals surface area contributed by atoms with E-state index in [1.807, 2.05) is 26.8 Å². The molecule has 4 saturated carbocycles. The SMILES string of the molecule is CC1(C)[C@@H](O[C@@H]2O[C@H](C(=O)O)[C@H](O)[C@H](O)[C@@H]2O[C@@H]2O[C@H](C(=O)O)[C@H](O)[C@H](O)[C@@H]2O)CC[C@@]2(C)[C@H]3C(=O)C=C4[C@H]5C[C@@](C)(C(=O)O)CC[C@]5(C)CC[C@@]4(C)[C@@]3(C)CC[C@@H]12. The molecule has 19 atom stereocenters. The van der Waals surface area contributed by atoms with Crippen LogP contribution in [0, 0.1) is 50.2 Å². The minimum absolute atomic E-state index is 0.0217. The van der Waals surface area contributed by atoms with Crippen molar-refractivity contribution in [3.8, 4) is 0 Å². The van der Waals surface area contributed by atoms with Gasteiger partial charge in [0.2, 0.25) is 0 Å². The zero-order chi connectivity index (χ0) is 42.9. The van der Waals surface area contributed by atoms with Gasteiger partial charge in [0, 0.05) is 5.92 Å². The molecule has 326 valence electrons. The molecule has 2 saturated heterocycles. The van der Waals surface area contributed by atoms with Crippen molar-refractivity contribution in [1.29, 1.82) is 0 Å². The van der Waals surface area contributed by atoms with Gasteiger partial charge in [-0.1, -0.05) is 47.1 Å². The number of carboxylic acids is 3. The van der Waals surface area contributed by atoms with Crippen LogP contribution in [0.2, 0.25) is 0 Å². The fourth-order valence-electron chi connectivity index (χ4n) is 13.4. The van der Waals surface area contributed by atoms with Crippen LogP contribution in [0.5, 0.6) is 0 Å². The van der Waals surface area contributed by atoms with Crippen molar-refractivity contribution < 1.29 is 79.0 Å². The highest BCUT2D eigenvalue weighted by Crippen LogP contribution is 2.75. The van der Waals surface area contributed by atoms with Gasteiger partial charge in [-0.25, -0.2) is 9.59 Å². The van der Waals surface area contributed by atoms with E-state index in [2.05, 4.69) is 27.7 Å². The molecule has 0 unspecified atom stereocenters. The van der Waals surface area contributed by atoms with Gasteiger partial charge < -0.3 is 59.8 Å². The Morgan fingerprint density at radius 1 is 0.690 bits per heavy atom. The van der Waals surface area contributed by atoms with Crippen molar-refractivity contribution in [3.05, 3.63) is 11.6 Å². The number of allylic oxidation sites excluding steroid dienone is 2. The van der Waals surface area contributed by atoms with Crippen LogP contribution in [-0.4, -0.2) is 132 Å². The Morgan fingerprint density at radius 2 is 1.28 bits per heavy atom. The van der Waals surface area contributed by atoms with Crippen molar-refractivity contribution in [2.45, 2.75) is 174 Å². The van der Waals surface area contributed by atoms with Crippen molar-refractivity contribution in [2.75, 3.05) is 0 Å². The third-order valence-corrected chi connectivity index (χ3v) is 17.2. The summed E-state index contributed by atoms with van der Waals surface area (Å²) < 4.78 is 23.4. The van der Waals surface area contributed by atoms with E-state index in [1.165, 1.54) is 0 Å². The standard InChI is InChI=1S/C42H62O16/c1-37(2)21-8-11-42(7)31(20(43)16-18-19-17-39(4,36(53)54)13-12-38(19,3)14-15-41(18,42)6)40(21,5)10-9-22(37)55-35-30(26(47)25(46)29(57-35)33(51)52)58-34-27(48)23(44)24(45)28(56-34)32(49)50/h16,19,21-31,34-35,44-48H,8-15,17H2,1-7H3,(H,49,50)(H,51,52)(H,53,54)/t19-,21+,22+,23+,24-,25-,26+,27+,28+,29+,30+,31-,34+,35-,38-,39+,40-,41-,42+/m1/s1. The molecule has 2 aliphatic heterocycles. The van der Waals surface area contributed by atoms with Gasteiger partial charge in [0.15, 0.2) is 30.6 Å². The largest absolute Gasteiger partial charge is 0.481 e. The van der Waals surface area contributed by atoms with Crippen molar-refractivity contribution in [2.24, 2.45) is 50.2 Å². The van der Waals surface area contributed by atoms with Crippen LogP contribution in [0.3, 0.4) is 0 Å². The number of hydrogen-bond acceptors (Lipinski definition) is 13. The molecule has 16 heteroatoms. The molecule has 6 fully saturated rings. The lowest BCUT2D eigenvalue weighted by Crippen LogP contribution is -2.68. The Labute approximate surface area is 337 Å². The van der Waals surface area contributed by atoms with Gasteiger partial charge in [-0.2, -0.15) is 0 Å². The lowest BCUT2D eigenvalue weighted by molar-refractivity contribution is -0.371. The number of hydrogen-bond donors (Lipinski definition) is 8. The average Bonchev–Trinajstić information content (AvgIpc) is 3.13. The highest BCUT2D eigenvalue weighted by molar-refractivity contribution is 5.95. The summed E-state index contributed by atoms with van der Waals surface area (Å²) in [4.78, 5) is 51.3. The summed E-state index contributed by atoms with van der Waals surface area (Å²) in [5.74, 6) is -4.47. The lowest BCUT2D eigenvalue weighted by Gasteiger charge is -2.70. The minimum Gasteiger partial charge on any atom is -0.481 e. The molecule has 16 nitrogen and oxygen atoms in total. The van der Waals surface area contributed by atoms with Gasteiger partial charge in [-0.05, 0) is 110 Å². The second-order valence-electron chi connectivity index (χ2n) is 20.6. The monoisotopic (exact) mass is 822 g/mol. The molecule has 0 spiro atoms. The molecule has 0 aromatic carbocycles. The fourth-order valence-corrected chi connectivity index (χ4v) is 13.4. The number of fused-ring (bicyclic) bond motifs is 7. The van der Waals surface area contributed by atoms with E-state index < -0.39 is 107 Å². The second kappa shape index (κ2) is 14.3. The first kappa shape index (κ1) is 43.5. The third-order valence-electron chi connectivity index (χ3n) is 17.2. The number of carbonyl (C=O) groups is 4. The predicted molar refractivity (Wildman–Crippen MR) is 199 cm³/mol. The summed E-state index contributed by atoms with van der Waals surface area (Å²) in [5.41, 5.74) is -1.81. The van der Waals surface area contributed by atoms with Crippen LogP contribution < -0.4 is 0 Å². The van der Waals surface area contributed by atoms with Gasteiger partial charge in [-0.3, -0.25) is 9.59 Å². The number of ether oxygens (including phenoxy) is 4. The molecular formula is C42H62O16. The molecule has 0 aromatic heterocycles. The molecule has 8 N–H and O–H groups in total. The summed E-state index contributed by atoms with van der Waals surface area (Å²) in [6.07, 6.45) is -12.2. The van der Waals surface area contributed by atoms with Gasteiger partial charge >= 0.3 is 17.9 Å². The third kappa shape index (κ3) is 6.25. The quantitative estimate of drug-likeness (QED) is 0.171. The minimum atomic E-state index is -2.05. The number of aliphatic hydroxyl groups is 5. The number of carboxylic acid groups (broad SMARTS) is 3. The molecule has 0 aromatic rings. The van der Waals surface area contributed by atoms with Crippen molar-refractivity contribution in [1.82, 2.24) is 0 Å². The number of rotatable bonds is 7. The molecular weight excluding hydrogens is 760 g/mol.